The molecule has 1 heterocycles. The molecule has 34 rings (SSSR count). The lowest BCUT2D eigenvalue weighted by Gasteiger charge is -2.49. The van der Waals surface area contributed by atoms with Gasteiger partial charge >= 0.3 is 0 Å². The van der Waals surface area contributed by atoms with Crippen molar-refractivity contribution in [1.82, 2.24) is 0 Å². The molecule has 0 radical (unpaired) electrons. The minimum atomic E-state index is -0.830. The summed E-state index contributed by atoms with van der Waals surface area (Å²) in [5.74, 6) is 1.40. The van der Waals surface area contributed by atoms with Gasteiger partial charge in [0.15, 0.2) is 11.4 Å². The predicted octanol–water partition coefficient (Wildman–Crippen LogP) is 17.3. The van der Waals surface area contributed by atoms with E-state index in [-0.39, 0.29) is 0 Å². The number of Topliss-reactive ketones (excluding diaryl/α,β-unsaturated/α-hetero) is 1. The highest BCUT2D eigenvalue weighted by atomic mass is 16.5. The van der Waals surface area contributed by atoms with E-state index >= 15 is 4.79 Å². The van der Waals surface area contributed by atoms with E-state index in [1.807, 2.05) is 0 Å². The molecule has 28 aromatic carbocycles. The fourth-order valence-electron chi connectivity index (χ4n) is 25.3. The van der Waals surface area contributed by atoms with Crippen molar-refractivity contribution in [3.63, 3.8) is 0 Å². The number of ketones is 1. The fraction of sp³-hybridized carbons (Fsp3) is 0.0758. The first kappa shape index (κ1) is 24.4. The average Bonchev–Trinajstić information content (AvgIpc) is 4.18. The van der Waals surface area contributed by atoms with E-state index in [0.29, 0.717) is 12.2 Å². The highest BCUT2D eigenvalue weighted by Gasteiger charge is 2.76. The van der Waals surface area contributed by atoms with Crippen molar-refractivity contribution >= 4 is 297 Å². The largest absolute Gasteiger partial charge is 0.480 e. The lowest BCUT2D eigenvalue weighted by molar-refractivity contribution is -0.116. The summed E-state index contributed by atoms with van der Waals surface area (Å²) >= 11 is 0. The molecule has 2 heteroatoms. The third kappa shape index (κ3) is 1.22. The zero-order valence-corrected chi connectivity index (χ0v) is 34.4. The maximum absolute atomic E-state index is 15.9. The zero-order valence-electron chi connectivity index (χ0n) is 34.4. The number of allylic oxidation sites excluding steroid dienone is 1. The molecule has 0 saturated heterocycles. The molecule has 2 nitrogen and oxygen atoms in total. The Labute approximate surface area is 368 Å². The predicted molar refractivity (Wildman–Crippen MR) is 281 cm³/mol. The van der Waals surface area contributed by atoms with Gasteiger partial charge in [0.1, 0.15) is 11.2 Å². The standard InChI is InChI=1S/C66H6O2/c67-4-2-1-3-5-60(4)65-61-52-44-34-24-16-8-6-7-10-14-12(8)20-28-22(14)32-26-18(10)19-11(7)15-13-9(6)17(16)25-31-21(13)29-23(15)33-27(19)37-36(26)48-42(32)50-40(28)46(38(44)30(20)24)54(61)56(50)63-58(48)59-49(37)43(33)51-41(29)47-39(31)45(35(25)34)53(52)62(65)55(47)57(51)64(59)66(63,65)68-5/h1-3H2. The van der Waals surface area contributed by atoms with Crippen LogP contribution in [0.1, 0.15) is 41.5 Å². The van der Waals surface area contributed by atoms with E-state index in [1.54, 1.807) is 248 Å². The highest BCUT2D eigenvalue weighted by molar-refractivity contribution is 6.82. The number of hydrogen-bond acceptors (Lipinski definition) is 2. The number of hydrogen-bond donors (Lipinski definition) is 0. The summed E-state index contributed by atoms with van der Waals surface area (Å²) in [6.45, 7) is 0. The van der Waals surface area contributed by atoms with Crippen LogP contribution in [0.25, 0.3) is 291 Å². The third-order valence-corrected chi connectivity index (χ3v) is 25.2. The summed E-state index contributed by atoms with van der Waals surface area (Å²) in [5.41, 5.74) is 5.48. The van der Waals surface area contributed by atoms with E-state index in [0.717, 1.165) is 24.2 Å². The van der Waals surface area contributed by atoms with E-state index in [2.05, 4.69) is 0 Å². The molecule has 0 unspecified atom stereocenters. The second-order valence-electron chi connectivity index (χ2n) is 25.4. The Morgan fingerprint density at radius 1 is 0.235 bits per heavy atom. The molecular formula is C66H6O2. The number of rotatable bonds is 0. The van der Waals surface area contributed by atoms with Crippen LogP contribution in [-0.2, 0) is 20.5 Å². The summed E-state index contributed by atoms with van der Waals surface area (Å²) in [7, 11) is 0. The zero-order chi connectivity index (χ0) is 40.0. The molecule has 28 aromatic rings. The number of ether oxygens (including phenoxy) is 1. The maximum Gasteiger partial charge on any atom is 0.179 e. The van der Waals surface area contributed by atoms with Crippen LogP contribution in [0.2, 0.25) is 0 Å². The molecule has 0 bridgehead atoms. The van der Waals surface area contributed by atoms with Crippen molar-refractivity contribution in [2.24, 2.45) is 0 Å². The van der Waals surface area contributed by atoms with Gasteiger partial charge in [-0.2, -0.15) is 0 Å². The second-order valence-corrected chi connectivity index (χ2v) is 25.4. The van der Waals surface area contributed by atoms with Gasteiger partial charge in [-0.1, -0.05) is 0 Å². The van der Waals surface area contributed by atoms with Crippen LogP contribution < -0.4 is 0 Å². The maximum atomic E-state index is 15.9. The molecule has 0 atom stereocenters. The molecule has 0 amide bonds. The van der Waals surface area contributed by atoms with Crippen LogP contribution in [0.3, 0.4) is 0 Å². The van der Waals surface area contributed by atoms with Gasteiger partial charge in [0.2, 0.25) is 0 Å². The van der Waals surface area contributed by atoms with Crippen LogP contribution in [0.4, 0.5) is 0 Å². The lowest BCUT2D eigenvalue weighted by Crippen LogP contribution is -2.52. The summed E-state index contributed by atoms with van der Waals surface area (Å²) in [6.07, 6.45) is 2.35. The smallest absolute Gasteiger partial charge is 0.179 e. The van der Waals surface area contributed by atoms with Crippen molar-refractivity contribution in [3.8, 4) is 0 Å². The summed E-state index contributed by atoms with van der Waals surface area (Å²) in [6, 6.07) is 0. The van der Waals surface area contributed by atoms with E-state index < -0.39 is 11.0 Å². The van der Waals surface area contributed by atoms with E-state index in [4.69, 9.17) is 4.74 Å². The van der Waals surface area contributed by atoms with Gasteiger partial charge in [-0.05, 0) is 308 Å². The molecule has 0 saturated carbocycles. The van der Waals surface area contributed by atoms with Crippen molar-refractivity contribution in [3.05, 3.63) is 33.6 Å². The van der Waals surface area contributed by atoms with Gasteiger partial charge in [0.05, 0.1) is 5.57 Å². The monoisotopic (exact) mass is 830 g/mol. The normalized spacial score (nSPS) is 23.9. The second kappa shape index (κ2) is 5.37. The quantitative estimate of drug-likeness (QED) is 0.142. The van der Waals surface area contributed by atoms with Gasteiger partial charge in [-0.15, -0.1) is 0 Å². The van der Waals surface area contributed by atoms with Crippen LogP contribution in [0, 0.1) is 0 Å². The van der Waals surface area contributed by atoms with Crippen LogP contribution in [-0.4, -0.2) is 5.78 Å². The van der Waals surface area contributed by atoms with Crippen LogP contribution in [0.15, 0.2) is 11.3 Å². The minimum absolute atomic E-state index is 0.362. The number of carbonyl (C=O) groups excluding carboxylic acids is 1. The number of benzene rings is 18. The average molecular weight is 831 g/mol. The molecule has 282 valence electrons. The number of carbonyl (C=O) groups is 1. The summed E-state index contributed by atoms with van der Waals surface area (Å²) < 4.78 is 8.48. The molecule has 0 aromatic heterocycles. The molecule has 0 N–H and O–H groups in total. The molecule has 0 fully saturated rings. The molecule has 5 aliphatic carbocycles. The molecule has 1 aliphatic heterocycles. The minimum Gasteiger partial charge on any atom is -0.480 e. The Hall–Kier alpha value is -8.33. The van der Waals surface area contributed by atoms with Crippen molar-refractivity contribution < 1.29 is 9.53 Å². The first-order valence-corrected chi connectivity index (χ1v) is 25.6. The van der Waals surface area contributed by atoms with Gasteiger partial charge in [0.25, 0.3) is 0 Å². The van der Waals surface area contributed by atoms with Crippen LogP contribution in [0.5, 0.6) is 0 Å². The Balaban J connectivity index is 1.23. The molecule has 2 spiro atoms. The Bertz CT molecular complexity index is 7090. The van der Waals surface area contributed by atoms with Gasteiger partial charge < -0.3 is 4.74 Å². The van der Waals surface area contributed by atoms with Crippen molar-refractivity contribution in [2.45, 2.75) is 30.3 Å². The lowest BCUT2D eigenvalue weighted by atomic mass is 9.51. The Morgan fingerprint density at radius 2 is 0.426 bits per heavy atom. The SMILES string of the molecule is O=C1CCCC2=C1C13c4c5c6c7c8c9c(c%10c%11c1c1c4c4c%12c5c5c6c6c8c8c%13c9c9c%10c%10c%11c%11c1c1c4c4c%12c%12c5c5c6c8c6c8c%13c9c9c%10c%10c%11c1c1c4c4c%12c5c6c5c8c9c%10c1c45)C73O2. The summed E-state index contributed by atoms with van der Waals surface area (Å²) in [5, 5.41) is 85.6. The molecule has 68 heavy (non-hydrogen) atoms. The Morgan fingerprint density at radius 3 is 0.647 bits per heavy atom. The van der Waals surface area contributed by atoms with E-state index in [9.17, 15) is 0 Å². The third-order valence-electron chi connectivity index (χ3n) is 25.2. The highest BCUT2D eigenvalue weighted by Crippen LogP contribution is 2.86. The van der Waals surface area contributed by atoms with E-state index in [1.165, 1.54) is 65.3 Å². The summed E-state index contributed by atoms with van der Waals surface area (Å²) in [4.78, 5) is 15.9. The van der Waals surface area contributed by atoms with Gasteiger partial charge in [-0.3, -0.25) is 4.79 Å². The molecule has 6 aliphatic rings. The van der Waals surface area contributed by atoms with Crippen molar-refractivity contribution in [1.29, 1.82) is 0 Å². The Kier molecular flexibility index (Phi) is 1.93. The van der Waals surface area contributed by atoms with Gasteiger partial charge in [-0.25, -0.2) is 0 Å². The fourth-order valence-corrected chi connectivity index (χ4v) is 25.3. The first-order valence-electron chi connectivity index (χ1n) is 25.6. The first-order chi connectivity index (χ1) is 33.8. The van der Waals surface area contributed by atoms with Gasteiger partial charge in [0, 0.05) is 24.0 Å². The molecular weight excluding hydrogens is 825 g/mol. The topological polar surface area (TPSA) is 26.3 Å². The van der Waals surface area contributed by atoms with Crippen LogP contribution >= 0.6 is 0 Å². The van der Waals surface area contributed by atoms with Crippen molar-refractivity contribution in [2.75, 3.05) is 0 Å².